The molecule has 0 saturated carbocycles. The van der Waals surface area contributed by atoms with Crippen LogP contribution in [0.25, 0.3) is 59.2 Å². The van der Waals surface area contributed by atoms with Gasteiger partial charge in [0.2, 0.25) is 0 Å². The fraction of sp³-hybridized carbons (Fsp3) is 0. The Kier molecular flexibility index (Phi) is 5.96. The molecule has 0 saturated heterocycles. The Bertz CT molecular complexity index is 2440. The molecule has 5 heteroatoms. The third-order valence-corrected chi connectivity index (χ3v) is 9.55. The number of rotatable bonds is 5. The third kappa shape index (κ3) is 4.20. The lowest BCUT2D eigenvalue weighted by molar-refractivity contribution is 1.17. The molecule has 0 aliphatic heterocycles. The van der Waals surface area contributed by atoms with Gasteiger partial charge in [-0.1, -0.05) is 66.7 Å². The number of benzene rings is 5. The van der Waals surface area contributed by atoms with Gasteiger partial charge in [-0.05, 0) is 84.9 Å². The molecule has 4 aromatic heterocycles. The van der Waals surface area contributed by atoms with Crippen LogP contribution in [0.3, 0.4) is 0 Å². The number of pyridine rings is 2. The summed E-state index contributed by atoms with van der Waals surface area (Å²) in [6.45, 7) is 0. The number of fused-ring (bicyclic) bond motifs is 7. The van der Waals surface area contributed by atoms with E-state index in [1.54, 1.807) is 0 Å². The van der Waals surface area contributed by atoms with E-state index in [0.717, 1.165) is 50.6 Å². The Morgan fingerprint density at radius 1 is 0.533 bits per heavy atom. The normalized spacial score (nSPS) is 11.6. The minimum atomic E-state index is 0.866. The van der Waals surface area contributed by atoms with E-state index in [-0.39, 0.29) is 0 Å². The molecule has 0 unspecified atom stereocenters. The van der Waals surface area contributed by atoms with Gasteiger partial charge in [-0.3, -0.25) is 4.98 Å². The van der Waals surface area contributed by atoms with Crippen molar-refractivity contribution in [3.63, 3.8) is 0 Å². The summed E-state index contributed by atoms with van der Waals surface area (Å²) in [5.41, 5.74) is 9.33. The first-order valence-electron chi connectivity index (χ1n) is 15.0. The zero-order chi connectivity index (χ0) is 29.7. The lowest BCUT2D eigenvalue weighted by atomic mass is 10.1. The summed E-state index contributed by atoms with van der Waals surface area (Å²) in [5, 5.41) is 3.66. The highest BCUT2D eigenvalue weighted by Crippen LogP contribution is 2.44. The van der Waals surface area contributed by atoms with Crippen molar-refractivity contribution in [2.24, 2.45) is 0 Å². The largest absolute Gasteiger partial charge is 0.310 e. The van der Waals surface area contributed by atoms with Crippen LogP contribution in [0.15, 0.2) is 158 Å². The molecule has 0 spiro atoms. The van der Waals surface area contributed by atoms with Gasteiger partial charge in [-0.25, -0.2) is 4.98 Å². The Hall–Kier alpha value is -5.78. The van der Waals surface area contributed by atoms with E-state index >= 15 is 0 Å². The van der Waals surface area contributed by atoms with Crippen LogP contribution < -0.4 is 4.90 Å². The molecule has 212 valence electrons. The highest BCUT2D eigenvalue weighted by atomic mass is 32.1. The highest BCUT2D eigenvalue weighted by molar-refractivity contribution is 7.26. The van der Waals surface area contributed by atoms with Crippen LogP contribution in [0.2, 0.25) is 0 Å². The van der Waals surface area contributed by atoms with Gasteiger partial charge < -0.3 is 9.47 Å². The molecule has 0 aliphatic carbocycles. The molecule has 0 N–H and O–H groups in total. The van der Waals surface area contributed by atoms with Gasteiger partial charge >= 0.3 is 0 Å². The van der Waals surface area contributed by atoms with Gasteiger partial charge in [0.1, 0.15) is 0 Å². The van der Waals surface area contributed by atoms with Gasteiger partial charge in [0.15, 0.2) is 0 Å². The van der Waals surface area contributed by atoms with E-state index in [2.05, 4.69) is 148 Å². The first kappa shape index (κ1) is 25.7. The molecule has 5 aromatic carbocycles. The van der Waals surface area contributed by atoms with Crippen LogP contribution >= 0.6 is 11.3 Å². The SMILES string of the molecule is c1ccc(N(c2ccccc2)c2cccc(-n3c4ccc(-c5ccccn5)nc4c4ccc5sc6ccccc6c5c43)c2)cc1. The molecule has 0 atom stereocenters. The minimum Gasteiger partial charge on any atom is -0.310 e. The van der Waals surface area contributed by atoms with E-state index in [1.165, 1.54) is 25.7 Å². The van der Waals surface area contributed by atoms with Crippen LogP contribution in [0.4, 0.5) is 17.1 Å². The van der Waals surface area contributed by atoms with Crippen LogP contribution in [-0.2, 0) is 0 Å². The molecule has 0 fully saturated rings. The van der Waals surface area contributed by atoms with Crippen molar-refractivity contribution in [3.8, 4) is 17.1 Å². The van der Waals surface area contributed by atoms with Crippen molar-refractivity contribution in [2.45, 2.75) is 0 Å². The predicted octanol–water partition coefficient (Wildman–Crippen LogP) is 11.1. The summed E-state index contributed by atoms with van der Waals surface area (Å²) in [4.78, 5) is 12.2. The van der Waals surface area contributed by atoms with Gasteiger partial charge in [-0.15, -0.1) is 11.3 Å². The first-order valence-corrected chi connectivity index (χ1v) is 15.8. The summed E-state index contributed by atoms with van der Waals surface area (Å²) >= 11 is 1.84. The van der Waals surface area contributed by atoms with Gasteiger partial charge in [-0.2, -0.15) is 0 Å². The van der Waals surface area contributed by atoms with Crippen LogP contribution in [-0.4, -0.2) is 14.5 Å². The van der Waals surface area contributed by atoms with Crippen LogP contribution in [0, 0.1) is 0 Å². The molecule has 0 radical (unpaired) electrons. The molecular formula is C40H26N4S. The van der Waals surface area contributed by atoms with E-state index in [9.17, 15) is 0 Å². The first-order chi connectivity index (χ1) is 22.3. The number of hydrogen-bond donors (Lipinski definition) is 0. The number of para-hydroxylation sites is 2. The van der Waals surface area contributed by atoms with Crippen LogP contribution in [0.5, 0.6) is 0 Å². The second-order valence-corrected chi connectivity index (χ2v) is 12.2. The van der Waals surface area contributed by atoms with E-state index < -0.39 is 0 Å². The summed E-state index contributed by atoms with van der Waals surface area (Å²) in [6.07, 6.45) is 1.82. The Morgan fingerprint density at radius 3 is 2.04 bits per heavy atom. The van der Waals surface area contributed by atoms with Crippen molar-refractivity contribution in [2.75, 3.05) is 4.90 Å². The Balaban J connectivity index is 1.35. The molecule has 0 aliphatic rings. The molecule has 4 heterocycles. The summed E-state index contributed by atoms with van der Waals surface area (Å²) in [7, 11) is 0. The third-order valence-electron chi connectivity index (χ3n) is 8.41. The smallest absolute Gasteiger partial charge is 0.0971 e. The number of aromatic nitrogens is 3. The van der Waals surface area contributed by atoms with Gasteiger partial charge in [0.25, 0.3) is 0 Å². The number of thiophene rings is 1. The van der Waals surface area contributed by atoms with Gasteiger partial charge in [0, 0.05) is 54.5 Å². The van der Waals surface area contributed by atoms with Crippen molar-refractivity contribution >= 4 is 70.5 Å². The van der Waals surface area contributed by atoms with E-state index in [1.807, 2.05) is 35.7 Å². The second-order valence-electron chi connectivity index (χ2n) is 11.1. The fourth-order valence-corrected chi connectivity index (χ4v) is 7.58. The maximum Gasteiger partial charge on any atom is 0.0971 e. The second kappa shape index (κ2) is 10.4. The summed E-state index contributed by atoms with van der Waals surface area (Å²) in [5.74, 6) is 0. The molecule has 0 bridgehead atoms. The topological polar surface area (TPSA) is 34.0 Å². The predicted molar refractivity (Wildman–Crippen MR) is 189 cm³/mol. The average molecular weight is 595 g/mol. The van der Waals surface area contributed by atoms with Crippen LogP contribution in [0.1, 0.15) is 0 Å². The number of nitrogens with zero attached hydrogens (tertiary/aromatic N) is 4. The molecule has 4 nitrogen and oxygen atoms in total. The molecule has 9 aromatic rings. The van der Waals surface area contributed by atoms with Crippen molar-refractivity contribution in [3.05, 3.63) is 158 Å². The number of anilines is 3. The summed E-state index contributed by atoms with van der Waals surface area (Å²) in [6, 6.07) is 53.4. The monoisotopic (exact) mass is 594 g/mol. The molecule has 9 rings (SSSR count). The van der Waals surface area contributed by atoms with Crippen molar-refractivity contribution < 1.29 is 0 Å². The van der Waals surface area contributed by atoms with Crippen molar-refractivity contribution in [1.29, 1.82) is 0 Å². The molecule has 0 amide bonds. The maximum atomic E-state index is 5.25. The lowest BCUT2D eigenvalue weighted by Crippen LogP contribution is -2.10. The van der Waals surface area contributed by atoms with E-state index in [0.29, 0.717) is 0 Å². The maximum absolute atomic E-state index is 5.25. The quantitative estimate of drug-likeness (QED) is 0.199. The minimum absolute atomic E-state index is 0.866. The zero-order valence-electron chi connectivity index (χ0n) is 24.2. The molecule has 45 heavy (non-hydrogen) atoms. The fourth-order valence-electron chi connectivity index (χ4n) is 6.47. The Morgan fingerprint density at radius 2 is 1.27 bits per heavy atom. The highest BCUT2D eigenvalue weighted by Gasteiger charge is 2.21. The standard InChI is InChI=1S/C40H26N4S/c1-3-12-27(13-4-1)43(28-14-5-2-6-15-28)29-16-11-17-30(26-29)44-35-23-22-34(33-19-9-10-25-41-33)42-39(35)32-21-24-37-38(40(32)44)31-18-7-8-20-36(31)45-37/h1-26H. The molecular weight excluding hydrogens is 569 g/mol. The zero-order valence-corrected chi connectivity index (χ0v) is 25.0. The summed E-state index contributed by atoms with van der Waals surface area (Å²) < 4.78 is 4.95. The lowest BCUT2D eigenvalue weighted by Gasteiger charge is -2.26. The average Bonchev–Trinajstić information content (AvgIpc) is 3.65. The van der Waals surface area contributed by atoms with E-state index in [4.69, 9.17) is 4.98 Å². The van der Waals surface area contributed by atoms with Gasteiger partial charge in [0.05, 0.1) is 27.9 Å². The Labute approximate surface area is 264 Å². The number of hydrogen-bond acceptors (Lipinski definition) is 4. The van der Waals surface area contributed by atoms with Crippen molar-refractivity contribution in [1.82, 2.24) is 14.5 Å².